The predicted molar refractivity (Wildman–Crippen MR) is 234 cm³/mol. The van der Waals surface area contributed by atoms with Gasteiger partial charge in [0.2, 0.25) is 6.20 Å². The molecule has 4 N–H and O–H groups in total. The van der Waals surface area contributed by atoms with E-state index in [0.717, 1.165) is 22.5 Å². The summed E-state index contributed by atoms with van der Waals surface area (Å²) in [5.41, 5.74) is -5.05. The van der Waals surface area contributed by atoms with E-state index in [1.54, 1.807) is 74.4 Å². The molecule has 23 heteroatoms. The average Bonchev–Trinajstić information content (AvgIpc) is 3.74. The zero-order chi connectivity index (χ0) is 48.2. The molecule has 0 spiro atoms. The van der Waals surface area contributed by atoms with Crippen molar-refractivity contribution in [2.24, 2.45) is 12.2 Å². The lowest BCUT2D eigenvalue weighted by Gasteiger charge is -2.50. The summed E-state index contributed by atoms with van der Waals surface area (Å²) in [7, 11) is -3.06. The molecule has 0 radical (unpaired) electrons. The van der Waals surface area contributed by atoms with Gasteiger partial charge >= 0.3 is 28.5 Å². The van der Waals surface area contributed by atoms with Crippen LogP contribution in [0.5, 0.6) is 5.75 Å². The van der Waals surface area contributed by atoms with Gasteiger partial charge in [-0.2, -0.15) is 13.1 Å². The highest BCUT2D eigenvalue weighted by Crippen LogP contribution is 2.34. The van der Waals surface area contributed by atoms with Crippen LogP contribution in [0.25, 0.3) is 11.1 Å². The highest BCUT2D eigenvalue weighted by atomic mass is 32.2. The Morgan fingerprint density at radius 1 is 0.922 bits per heavy atom. The molecule has 1 fully saturated rings. The first kappa shape index (κ1) is 50.8. The minimum atomic E-state index is -4.96. The van der Waals surface area contributed by atoms with Crippen molar-refractivity contribution in [2.75, 3.05) is 18.5 Å². The summed E-state index contributed by atoms with van der Waals surface area (Å²) in [5.74, 6) is -2.79. The van der Waals surface area contributed by atoms with Crippen LogP contribution < -0.4 is 25.4 Å². The fraction of sp³-hybridized carbons (Fsp3) is 0.561. The molecule has 1 aliphatic rings. The molecule has 1 saturated heterocycles. The molecular weight excluding hydrogens is 877 g/mol. The summed E-state index contributed by atoms with van der Waals surface area (Å²) in [5, 5.41) is 13.0. The Bertz CT molecular complexity index is 2360. The first-order chi connectivity index (χ1) is 29.3. The Labute approximate surface area is 376 Å². The monoisotopic (exact) mass is 935 g/mol. The third-order valence-electron chi connectivity index (χ3n) is 8.88. The van der Waals surface area contributed by atoms with E-state index in [1.807, 2.05) is 40.9 Å². The van der Waals surface area contributed by atoms with E-state index < -0.39 is 86.6 Å². The smallest absolute Gasteiger partial charge is 0.413 e. The van der Waals surface area contributed by atoms with Crippen LogP contribution in [0.15, 0.2) is 47.2 Å². The second-order valence-electron chi connectivity index (χ2n) is 18.6. The summed E-state index contributed by atoms with van der Waals surface area (Å²) in [6.45, 7) is 19.8. The van der Waals surface area contributed by atoms with Crippen LogP contribution in [0.1, 0.15) is 95.2 Å². The summed E-state index contributed by atoms with van der Waals surface area (Å²) in [6, 6.07) is 5.57. The lowest BCUT2D eigenvalue weighted by Crippen LogP contribution is -2.77. The SMILES string of the molecule is C[n+]1cc(-c2ccc(OC[C@](C)(O/N=C(\C(=O)N[C@@H]3C(=O)N(S(=O)(=O)O)C3(C)C)c3csc(NC(=O)OC(C)(C)C)n3)C(=O)OC(C)(C)C)cc2)cn1CCCNC(=O)OC(C)(C)C. The number of esters is 1. The van der Waals surface area contributed by atoms with Crippen molar-refractivity contribution >= 4 is 62.5 Å². The van der Waals surface area contributed by atoms with Crippen LogP contribution in [-0.4, -0.2) is 110 Å². The molecule has 64 heavy (non-hydrogen) atoms. The molecule has 0 aliphatic carbocycles. The molecule has 2 atom stereocenters. The molecule has 3 heterocycles. The van der Waals surface area contributed by atoms with E-state index in [-0.39, 0.29) is 15.1 Å². The molecule has 0 bridgehead atoms. The van der Waals surface area contributed by atoms with Gasteiger partial charge < -0.3 is 34.4 Å². The van der Waals surface area contributed by atoms with E-state index >= 15 is 0 Å². The molecule has 0 saturated carbocycles. The van der Waals surface area contributed by atoms with Gasteiger partial charge in [0.25, 0.3) is 17.4 Å². The minimum Gasteiger partial charge on any atom is -0.489 e. The summed E-state index contributed by atoms with van der Waals surface area (Å²) >= 11 is 0.891. The van der Waals surface area contributed by atoms with Crippen molar-refractivity contribution in [3.05, 3.63) is 47.7 Å². The molecule has 4 amide bonds. The van der Waals surface area contributed by atoms with E-state index in [2.05, 4.69) is 26.1 Å². The number of anilines is 1. The number of thiazole rings is 1. The zero-order valence-corrected chi connectivity index (χ0v) is 40.0. The van der Waals surface area contributed by atoms with Crippen molar-refractivity contribution in [3.63, 3.8) is 0 Å². The second-order valence-corrected chi connectivity index (χ2v) is 20.7. The number of rotatable bonds is 16. The Balaban J connectivity index is 1.57. The van der Waals surface area contributed by atoms with Crippen molar-refractivity contribution in [2.45, 2.75) is 130 Å². The average molecular weight is 936 g/mol. The van der Waals surface area contributed by atoms with Gasteiger partial charge in [-0.05, 0) is 107 Å². The molecule has 352 valence electrons. The van der Waals surface area contributed by atoms with E-state index in [0.29, 0.717) is 25.3 Å². The molecule has 1 aromatic carbocycles. The fourth-order valence-electron chi connectivity index (χ4n) is 5.94. The van der Waals surface area contributed by atoms with Crippen molar-refractivity contribution in [3.8, 4) is 16.9 Å². The highest BCUT2D eigenvalue weighted by Gasteiger charge is 2.60. The Kier molecular flexibility index (Phi) is 15.2. The molecule has 4 rings (SSSR count). The van der Waals surface area contributed by atoms with Gasteiger partial charge in [0, 0.05) is 11.9 Å². The number of amides is 4. The van der Waals surface area contributed by atoms with Gasteiger partial charge in [0.05, 0.1) is 23.8 Å². The molecular formula is C41H59N8O13S2+. The number of aromatic nitrogens is 3. The number of carbonyl (C=O) groups is 5. The molecule has 2 aromatic heterocycles. The second kappa shape index (κ2) is 19.1. The number of nitrogens with one attached hydrogen (secondary N) is 3. The molecule has 3 aromatic rings. The number of nitrogens with zero attached hydrogens (tertiary/aromatic N) is 5. The van der Waals surface area contributed by atoms with Crippen LogP contribution in [-0.2, 0) is 57.3 Å². The third-order valence-corrected chi connectivity index (χ3v) is 10.7. The minimum absolute atomic E-state index is 0.0121. The lowest BCUT2D eigenvalue weighted by molar-refractivity contribution is -0.753. The zero-order valence-electron chi connectivity index (χ0n) is 38.3. The number of benzene rings is 1. The number of oxime groups is 1. The van der Waals surface area contributed by atoms with Crippen molar-refractivity contribution in [1.82, 2.24) is 24.6 Å². The molecule has 0 unspecified atom stereocenters. The predicted octanol–water partition coefficient (Wildman–Crippen LogP) is 4.51. The number of β-lactam (4-membered cyclic amide) rings is 1. The van der Waals surface area contributed by atoms with Gasteiger partial charge in [-0.25, -0.2) is 23.7 Å². The van der Waals surface area contributed by atoms with Crippen LogP contribution in [0.4, 0.5) is 14.7 Å². The number of hydrogen-bond donors (Lipinski definition) is 4. The number of alkyl carbamates (subject to hydrolysis) is 1. The largest absolute Gasteiger partial charge is 0.489 e. The lowest BCUT2D eigenvalue weighted by atomic mass is 9.85. The number of ether oxygens (including phenoxy) is 4. The van der Waals surface area contributed by atoms with Crippen LogP contribution in [0.2, 0.25) is 0 Å². The van der Waals surface area contributed by atoms with Crippen molar-refractivity contribution < 1.29 is 65.4 Å². The van der Waals surface area contributed by atoms with Crippen molar-refractivity contribution in [1.29, 1.82) is 0 Å². The summed E-state index contributed by atoms with van der Waals surface area (Å²) < 4.78 is 59.8. The quantitative estimate of drug-likeness (QED) is 0.0225. The first-order valence-corrected chi connectivity index (χ1v) is 22.4. The van der Waals surface area contributed by atoms with Crippen LogP contribution in [0, 0.1) is 0 Å². The standard InChI is InChI=1S/C41H58N8O13S2/c1-37(2,3)59-33(52)41(12,24-58-27-17-15-25(16-18-27)26-21-47(13)48(22-26)20-14-19-42-35(53)60-38(4,5)6)62-46-29(28-23-63-34(43-28)45-36(54)61-39(7,8)9)31(50)44-30-32(51)49(40(30,10)11)64(55,56)57/h15-18,21-23,30H,14,19-20,24H2,1-13H3,(H3-,42,43,44,45,50,53,54,55,56,57)/p+1/b46-29-/t30-,41+/m1/s1. The number of aryl methyl sites for hydroxylation is 2. The van der Waals surface area contributed by atoms with Gasteiger partial charge in [-0.15, -0.1) is 16.0 Å². The van der Waals surface area contributed by atoms with E-state index in [1.165, 1.54) is 26.2 Å². The Morgan fingerprint density at radius 2 is 1.52 bits per heavy atom. The maximum Gasteiger partial charge on any atom is 0.413 e. The van der Waals surface area contributed by atoms with Gasteiger partial charge in [0.1, 0.15) is 40.9 Å². The fourth-order valence-corrected chi connectivity index (χ4v) is 7.65. The van der Waals surface area contributed by atoms with Crippen LogP contribution >= 0.6 is 11.3 Å². The maximum absolute atomic E-state index is 13.9. The Hall–Kier alpha value is -5.81. The summed E-state index contributed by atoms with van der Waals surface area (Å²) in [6.07, 6.45) is 3.26. The number of carbonyl (C=O) groups excluding carboxylic acids is 5. The van der Waals surface area contributed by atoms with Gasteiger partial charge in [-0.1, -0.05) is 17.3 Å². The normalized spacial score (nSPS) is 16.5. The topological polar surface area (TPSA) is 259 Å². The van der Waals surface area contributed by atoms with Crippen LogP contribution in [0.3, 0.4) is 0 Å². The first-order valence-electron chi connectivity index (χ1n) is 20.1. The molecule has 1 aliphatic heterocycles. The van der Waals surface area contributed by atoms with Gasteiger partial charge in [-0.3, -0.25) is 19.5 Å². The van der Waals surface area contributed by atoms with Gasteiger partial charge in [0.15, 0.2) is 17.9 Å². The third kappa shape index (κ3) is 13.8. The molecule has 21 nitrogen and oxygen atoms in total. The summed E-state index contributed by atoms with van der Waals surface area (Å²) in [4.78, 5) is 75.2. The maximum atomic E-state index is 13.9. The highest BCUT2D eigenvalue weighted by molar-refractivity contribution is 7.84. The number of hydrogen-bond acceptors (Lipinski definition) is 15. The van der Waals surface area contributed by atoms with E-state index in [9.17, 15) is 36.9 Å². The van der Waals surface area contributed by atoms with E-state index in [4.69, 9.17) is 23.8 Å². The Morgan fingerprint density at radius 3 is 2.08 bits per heavy atom.